The van der Waals surface area contributed by atoms with Crippen LogP contribution in [-0.4, -0.2) is 16.0 Å². The molecule has 1 aliphatic rings. The fourth-order valence-corrected chi connectivity index (χ4v) is 1.76. The fraction of sp³-hybridized carbons (Fsp3) is 0.600. The standard InChI is InChI=1S/C10H14BrN3/c1-6(12)4-9-8(11)5-13-10(14-9)7-2-3-7/h5-7H,2-4,12H2,1H3/t6-/m1/s1. The topological polar surface area (TPSA) is 51.8 Å². The van der Waals surface area contributed by atoms with Crippen molar-refractivity contribution < 1.29 is 0 Å². The van der Waals surface area contributed by atoms with E-state index in [1.54, 1.807) is 0 Å². The van der Waals surface area contributed by atoms with Crippen LogP contribution in [0.3, 0.4) is 0 Å². The van der Waals surface area contributed by atoms with E-state index in [0.29, 0.717) is 5.92 Å². The van der Waals surface area contributed by atoms with Crippen LogP contribution in [0.15, 0.2) is 10.7 Å². The molecule has 14 heavy (non-hydrogen) atoms. The summed E-state index contributed by atoms with van der Waals surface area (Å²) in [5.74, 6) is 1.60. The number of rotatable bonds is 3. The van der Waals surface area contributed by atoms with Crippen molar-refractivity contribution in [2.24, 2.45) is 5.73 Å². The van der Waals surface area contributed by atoms with Crippen LogP contribution >= 0.6 is 15.9 Å². The molecule has 4 heteroatoms. The molecule has 2 N–H and O–H groups in total. The Kier molecular flexibility index (Phi) is 2.83. The second-order valence-corrected chi connectivity index (χ2v) is 4.83. The number of halogens is 1. The number of aromatic nitrogens is 2. The molecule has 0 aromatic carbocycles. The Morgan fingerprint density at radius 2 is 2.36 bits per heavy atom. The van der Waals surface area contributed by atoms with Gasteiger partial charge in [-0.3, -0.25) is 0 Å². The molecule has 1 heterocycles. The Balaban J connectivity index is 2.22. The van der Waals surface area contributed by atoms with Crippen molar-refractivity contribution in [3.8, 4) is 0 Å². The summed E-state index contributed by atoms with van der Waals surface area (Å²) in [6.07, 6.45) is 5.12. The van der Waals surface area contributed by atoms with Crippen molar-refractivity contribution >= 4 is 15.9 Å². The van der Waals surface area contributed by atoms with E-state index in [9.17, 15) is 0 Å². The molecule has 0 unspecified atom stereocenters. The van der Waals surface area contributed by atoms with Gasteiger partial charge in [0, 0.05) is 24.6 Å². The van der Waals surface area contributed by atoms with Gasteiger partial charge in [-0.2, -0.15) is 0 Å². The molecule has 1 aromatic heterocycles. The van der Waals surface area contributed by atoms with E-state index in [1.165, 1.54) is 12.8 Å². The lowest BCUT2D eigenvalue weighted by Gasteiger charge is -2.07. The summed E-state index contributed by atoms with van der Waals surface area (Å²) in [5.41, 5.74) is 6.79. The van der Waals surface area contributed by atoms with E-state index in [2.05, 4.69) is 25.9 Å². The molecular formula is C10H14BrN3. The molecule has 0 spiro atoms. The largest absolute Gasteiger partial charge is 0.328 e. The van der Waals surface area contributed by atoms with Gasteiger partial charge in [0.1, 0.15) is 5.82 Å². The van der Waals surface area contributed by atoms with Crippen LogP contribution in [0, 0.1) is 0 Å². The maximum Gasteiger partial charge on any atom is 0.131 e. The summed E-state index contributed by atoms with van der Waals surface area (Å²) < 4.78 is 0.971. The van der Waals surface area contributed by atoms with E-state index in [-0.39, 0.29) is 6.04 Å². The Labute approximate surface area is 92.3 Å². The van der Waals surface area contributed by atoms with Crippen molar-refractivity contribution in [3.05, 3.63) is 22.2 Å². The number of nitrogens with zero attached hydrogens (tertiary/aromatic N) is 2. The van der Waals surface area contributed by atoms with Gasteiger partial charge in [-0.05, 0) is 35.7 Å². The van der Waals surface area contributed by atoms with Gasteiger partial charge in [-0.25, -0.2) is 9.97 Å². The summed E-state index contributed by atoms with van der Waals surface area (Å²) >= 11 is 3.45. The van der Waals surface area contributed by atoms with Gasteiger partial charge in [0.25, 0.3) is 0 Å². The molecule has 1 fully saturated rings. The molecule has 1 aromatic rings. The Bertz CT molecular complexity index is 334. The molecule has 76 valence electrons. The summed E-state index contributed by atoms with van der Waals surface area (Å²) in [5, 5.41) is 0. The van der Waals surface area contributed by atoms with Crippen LogP contribution in [0.25, 0.3) is 0 Å². The third-order valence-corrected chi connectivity index (χ3v) is 2.96. The molecule has 0 radical (unpaired) electrons. The summed E-state index contributed by atoms with van der Waals surface area (Å²) in [4.78, 5) is 8.85. The van der Waals surface area contributed by atoms with E-state index in [0.717, 1.165) is 22.4 Å². The van der Waals surface area contributed by atoms with Crippen molar-refractivity contribution in [2.45, 2.75) is 38.1 Å². The van der Waals surface area contributed by atoms with Crippen LogP contribution in [0.1, 0.15) is 37.2 Å². The highest BCUT2D eigenvalue weighted by Gasteiger charge is 2.27. The molecular weight excluding hydrogens is 242 g/mol. The molecule has 0 bridgehead atoms. The zero-order valence-corrected chi connectivity index (χ0v) is 9.79. The molecule has 1 saturated carbocycles. The third kappa shape index (κ3) is 2.30. The minimum atomic E-state index is 0.147. The van der Waals surface area contributed by atoms with Crippen LogP contribution < -0.4 is 5.73 Å². The summed E-state index contributed by atoms with van der Waals surface area (Å²) in [6, 6.07) is 0.147. The van der Waals surface area contributed by atoms with Crippen molar-refractivity contribution in [1.82, 2.24) is 9.97 Å². The quantitative estimate of drug-likeness (QED) is 0.899. The minimum absolute atomic E-state index is 0.147. The number of hydrogen-bond acceptors (Lipinski definition) is 3. The summed E-state index contributed by atoms with van der Waals surface area (Å²) in [6.45, 7) is 1.99. The fourth-order valence-electron chi connectivity index (χ4n) is 1.40. The Morgan fingerprint density at radius 1 is 1.64 bits per heavy atom. The van der Waals surface area contributed by atoms with Crippen molar-refractivity contribution in [3.63, 3.8) is 0 Å². The van der Waals surface area contributed by atoms with E-state index >= 15 is 0 Å². The molecule has 0 amide bonds. The van der Waals surface area contributed by atoms with Gasteiger partial charge in [0.05, 0.1) is 10.2 Å². The molecule has 2 rings (SSSR count). The maximum absolute atomic E-state index is 5.75. The first-order chi connectivity index (χ1) is 6.66. The predicted molar refractivity (Wildman–Crippen MR) is 59.1 cm³/mol. The van der Waals surface area contributed by atoms with E-state index in [4.69, 9.17) is 5.73 Å². The van der Waals surface area contributed by atoms with Crippen molar-refractivity contribution in [2.75, 3.05) is 0 Å². The number of nitrogens with two attached hydrogens (primary N) is 1. The highest BCUT2D eigenvalue weighted by molar-refractivity contribution is 9.10. The predicted octanol–water partition coefficient (Wildman–Crippen LogP) is 2.01. The third-order valence-electron chi connectivity index (χ3n) is 2.29. The van der Waals surface area contributed by atoms with Gasteiger partial charge >= 0.3 is 0 Å². The van der Waals surface area contributed by atoms with E-state index < -0.39 is 0 Å². The SMILES string of the molecule is C[C@@H](N)Cc1nc(C2CC2)ncc1Br. The zero-order valence-electron chi connectivity index (χ0n) is 8.20. The van der Waals surface area contributed by atoms with Crippen LogP contribution in [0.4, 0.5) is 0 Å². The average molecular weight is 256 g/mol. The van der Waals surface area contributed by atoms with Gasteiger partial charge in [0.2, 0.25) is 0 Å². The molecule has 3 nitrogen and oxygen atoms in total. The van der Waals surface area contributed by atoms with Gasteiger partial charge in [0.15, 0.2) is 0 Å². The Hall–Kier alpha value is -0.480. The normalized spacial score (nSPS) is 18.2. The molecule has 1 aliphatic carbocycles. The average Bonchev–Trinajstić information content (AvgIpc) is 2.91. The zero-order chi connectivity index (χ0) is 10.1. The lowest BCUT2D eigenvalue weighted by Crippen LogP contribution is -2.19. The van der Waals surface area contributed by atoms with Crippen LogP contribution in [0.2, 0.25) is 0 Å². The van der Waals surface area contributed by atoms with Gasteiger partial charge in [-0.1, -0.05) is 0 Å². The smallest absolute Gasteiger partial charge is 0.131 e. The second kappa shape index (κ2) is 3.95. The number of hydrogen-bond donors (Lipinski definition) is 1. The highest BCUT2D eigenvalue weighted by atomic mass is 79.9. The lowest BCUT2D eigenvalue weighted by atomic mass is 10.2. The molecule has 0 aliphatic heterocycles. The molecule has 0 saturated heterocycles. The lowest BCUT2D eigenvalue weighted by molar-refractivity contribution is 0.708. The monoisotopic (exact) mass is 255 g/mol. The second-order valence-electron chi connectivity index (χ2n) is 3.98. The maximum atomic E-state index is 5.75. The first-order valence-corrected chi connectivity index (χ1v) is 5.73. The van der Waals surface area contributed by atoms with Gasteiger partial charge in [-0.15, -0.1) is 0 Å². The first kappa shape index (κ1) is 10.1. The van der Waals surface area contributed by atoms with Crippen molar-refractivity contribution in [1.29, 1.82) is 0 Å². The Morgan fingerprint density at radius 3 is 2.93 bits per heavy atom. The van der Waals surface area contributed by atoms with Crippen LogP contribution in [0.5, 0.6) is 0 Å². The van der Waals surface area contributed by atoms with Crippen LogP contribution in [-0.2, 0) is 6.42 Å². The summed E-state index contributed by atoms with van der Waals surface area (Å²) in [7, 11) is 0. The highest BCUT2D eigenvalue weighted by Crippen LogP contribution is 2.38. The first-order valence-electron chi connectivity index (χ1n) is 4.93. The molecule has 1 atom stereocenters. The van der Waals surface area contributed by atoms with E-state index in [1.807, 2.05) is 13.1 Å². The van der Waals surface area contributed by atoms with Gasteiger partial charge < -0.3 is 5.73 Å². The minimum Gasteiger partial charge on any atom is -0.328 e.